The number of nitrogens with zero attached hydrogens (tertiary/aromatic N) is 1. The van der Waals surface area contributed by atoms with Crippen LogP contribution in [0.4, 0.5) is 0 Å². The second kappa shape index (κ2) is 12.8. The molecule has 1 aliphatic rings. The molecule has 210 valence electrons. The summed E-state index contributed by atoms with van der Waals surface area (Å²) in [6.07, 6.45) is -1.13. The third-order valence-corrected chi connectivity index (χ3v) is 7.36. The van der Waals surface area contributed by atoms with Crippen LogP contribution in [0.5, 0.6) is 0 Å². The predicted octanol–water partition coefficient (Wildman–Crippen LogP) is 4.05. The number of hydroxylamine groups is 1. The van der Waals surface area contributed by atoms with Crippen LogP contribution < -0.4 is 5.48 Å². The number of hydrogen-bond acceptors (Lipinski definition) is 7. The van der Waals surface area contributed by atoms with Crippen LogP contribution in [0, 0.1) is 0 Å². The predicted molar refractivity (Wildman–Crippen MR) is 148 cm³/mol. The van der Waals surface area contributed by atoms with Crippen LogP contribution in [0.15, 0.2) is 66.7 Å². The van der Waals surface area contributed by atoms with Crippen molar-refractivity contribution in [1.82, 2.24) is 10.4 Å². The molecule has 3 aromatic carbocycles. The number of aliphatic hydroxyl groups excluding tert-OH is 2. The Morgan fingerprint density at radius 2 is 1.80 bits per heavy atom. The number of fused-ring (bicyclic) bond motifs is 1. The van der Waals surface area contributed by atoms with Gasteiger partial charge in [-0.25, -0.2) is 10.3 Å². The Labute approximate surface area is 241 Å². The number of carbonyl (C=O) groups is 3. The number of methoxy groups -OCH3 is 1. The van der Waals surface area contributed by atoms with Crippen LogP contribution in [-0.2, 0) is 21.0 Å². The zero-order valence-corrected chi connectivity index (χ0v) is 23.2. The molecule has 2 amide bonds. The van der Waals surface area contributed by atoms with Gasteiger partial charge in [-0.05, 0) is 53.9 Å². The number of rotatable bonds is 9. The maximum atomic E-state index is 13.8. The summed E-state index contributed by atoms with van der Waals surface area (Å²) in [4.78, 5) is 46.3. The van der Waals surface area contributed by atoms with E-state index in [0.29, 0.717) is 27.3 Å². The minimum atomic E-state index is -1.13. The van der Waals surface area contributed by atoms with Crippen molar-refractivity contribution in [3.05, 3.63) is 105 Å². The molecule has 0 aromatic heterocycles. The summed E-state index contributed by atoms with van der Waals surface area (Å²) in [6.45, 7) is 0.831. The molecule has 1 aliphatic heterocycles. The zero-order chi connectivity index (χ0) is 29.0. The van der Waals surface area contributed by atoms with Gasteiger partial charge in [-0.15, -0.1) is 0 Å². The Bertz CT molecular complexity index is 1410. The number of carbonyl (C=O) groups excluding carboxylic acids is 3. The molecule has 3 N–H and O–H groups in total. The highest BCUT2D eigenvalue weighted by Crippen LogP contribution is 2.46. The van der Waals surface area contributed by atoms with E-state index in [-0.39, 0.29) is 17.2 Å². The lowest BCUT2D eigenvalue weighted by atomic mass is 9.78. The molecule has 0 spiro atoms. The first-order valence-corrected chi connectivity index (χ1v) is 13.2. The van der Waals surface area contributed by atoms with Gasteiger partial charge in [0, 0.05) is 15.6 Å². The zero-order valence-electron chi connectivity index (χ0n) is 21.7. The first kappa shape index (κ1) is 29.5. The molecular weight excluding hydrogens is 559 g/mol. The molecule has 0 saturated heterocycles. The lowest BCUT2D eigenvalue weighted by Crippen LogP contribution is -2.55. The fourth-order valence-electron chi connectivity index (χ4n) is 4.90. The molecule has 4 atom stereocenters. The summed E-state index contributed by atoms with van der Waals surface area (Å²) in [6, 6.07) is 15.8. The summed E-state index contributed by atoms with van der Waals surface area (Å²) in [5, 5.41) is 21.3. The number of ether oxygens (including phenoxy) is 1. The van der Waals surface area contributed by atoms with Gasteiger partial charge in [0.15, 0.2) is 0 Å². The standard InChI is InChI=1S/C29H28Cl2N2O7/c1-16(35)24(14-34)33-26(22-11-10-19(30)13-23(22)31)25(20-8-3-4-9-21(20)28(33)37)27(36)32-40-15-17-6-5-7-18(12-17)29(38)39-2/h3-13,16,24-26,34-35H,14-15H2,1-2H3,(H,32,36)/t16-,24-,25-,26+/m0/s1. The molecule has 0 unspecified atom stereocenters. The topological polar surface area (TPSA) is 125 Å². The highest BCUT2D eigenvalue weighted by Gasteiger charge is 2.48. The maximum absolute atomic E-state index is 13.8. The van der Waals surface area contributed by atoms with Gasteiger partial charge in [0.1, 0.15) is 0 Å². The Hall–Kier alpha value is -3.47. The quantitative estimate of drug-likeness (QED) is 0.255. The first-order valence-electron chi connectivity index (χ1n) is 12.4. The summed E-state index contributed by atoms with van der Waals surface area (Å²) in [5.41, 5.74) is 4.48. The van der Waals surface area contributed by atoms with E-state index >= 15 is 0 Å². The van der Waals surface area contributed by atoms with Crippen LogP contribution in [0.2, 0.25) is 10.0 Å². The van der Waals surface area contributed by atoms with Gasteiger partial charge >= 0.3 is 5.97 Å². The van der Waals surface area contributed by atoms with E-state index in [0.717, 1.165) is 0 Å². The molecule has 4 rings (SSSR count). The fraction of sp³-hybridized carbons (Fsp3) is 0.276. The normalized spacial score (nSPS) is 18.1. The van der Waals surface area contributed by atoms with E-state index in [4.69, 9.17) is 32.8 Å². The van der Waals surface area contributed by atoms with Crippen molar-refractivity contribution in [1.29, 1.82) is 0 Å². The van der Waals surface area contributed by atoms with Crippen molar-refractivity contribution in [2.75, 3.05) is 13.7 Å². The van der Waals surface area contributed by atoms with Gasteiger partial charge in [-0.1, -0.05) is 59.6 Å². The van der Waals surface area contributed by atoms with Crippen LogP contribution in [0.25, 0.3) is 0 Å². The average molecular weight is 587 g/mol. The van der Waals surface area contributed by atoms with E-state index in [1.54, 1.807) is 60.7 Å². The van der Waals surface area contributed by atoms with Gasteiger partial charge in [-0.2, -0.15) is 0 Å². The van der Waals surface area contributed by atoms with Crippen molar-refractivity contribution in [2.24, 2.45) is 0 Å². The second-order valence-electron chi connectivity index (χ2n) is 9.33. The summed E-state index contributed by atoms with van der Waals surface area (Å²) in [5.74, 6) is -2.61. The van der Waals surface area contributed by atoms with E-state index in [1.807, 2.05) is 0 Å². The van der Waals surface area contributed by atoms with Crippen molar-refractivity contribution in [2.45, 2.75) is 37.6 Å². The summed E-state index contributed by atoms with van der Waals surface area (Å²) < 4.78 is 4.75. The molecule has 0 bridgehead atoms. The highest BCUT2D eigenvalue weighted by molar-refractivity contribution is 6.35. The minimum Gasteiger partial charge on any atom is -0.465 e. The highest BCUT2D eigenvalue weighted by atomic mass is 35.5. The third-order valence-electron chi connectivity index (χ3n) is 6.80. The molecule has 0 fully saturated rings. The number of amides is 2. The molecule has 0 radical (unpaired) electrons. The monoisotopic (exact) mass is 586 g/mol. The Morgan fingerprint density at radius 1 is 1.05 bits per heavy atom. The average Bonchev–Trinajstić information content (AvgIpc) is 2.94. The van der Waals surface area contributed by atoms with Gasteiger partial charge in [-0.3, -0.25) is 14.4 Å². The fourth-order valence-corrected chi connectivity index (χ4v) is 5.42. The summed E-state index contributed by atoms with van der Waals surface area (Å²) >= 11 is 12.7. The SMILES string of the molecule is COC(=O)c1cccc(CONC(=O)[C@H]2c3ccccc3C(=O)N([C@@H](CO)[C@H](C)O)[C@@H]2c2ccc(Cl)cc2Cl)c1. The van der Waals surface area contributed by atoms with Crippen LogP contribution in [0.3, 0.4) is 0 Å². The first-order chi connectivity index (χ1) is 19.2. The second-order valence-corrected chi connectivity index (χ2v) is 10.2. The Balaban J connectivity index is 1.73. The number of hydrogen-bond donors (Lipinski definition) is 3. The number of esters is 1. The van der Waals surface area contributed by atoms with Crippen LogP contribution in [-0.4, -0.2) is 58.8 Å². The molecule has 40 heavy (non-hydrogen) atoms. The van der Waals surface area contributed by atoms with Crippen LogP contribution in [0.1, 0.15) is 56.3 Å². The lowest BCUT2D eigenvalue weighted by molar-refractivity contribution is -0.138. The smallest absolute Gasteiger partial charge is 0.337 e. The van der Waals surface area contributed by atoms with E-state index in [1.165, 1.54) is 25.0 Å². The largest absolute Gasteiger partial charge is 0.465 e. The molecule has 0 aliphatic carbocycles. The van der Waals surface area contributed by atoms with Crippen molar-refractivity contribution in [3.63, 3.8) is 0 Å². The molecular formula is C29H28Cl2N2O7. The number of nitrogens with one attached hydrogen (secondary N) is 1. The van der Waals surface area contributed by atoms with Crippen molar-refractivity contribution < 1.29 is 34.2 Å². The minimum absolute atomic E-state index is 0.0626. The Kier molecular flexibility index (Phi) is 9.44. The van der Waals surface area contributed by atoms with Crippen LogP contribution >= 0.6 is 23.2 Å². The molecule has 9 nitrogen and oxygen atoms in total. The summed E-state index contributed by atoms with van der Waals surface area (Å²) in [7, 11) is 1.28. The van der Waals surface area contributed by atoms with Gasteiger partial charge in [0.05, 0.1) is 50.0 Å². The lowest BCUT2D eigenvalue weighted by Gasteiger charge is -2.46. The molecule has 1 heterocycles. The van der Waals surface area contributed by atoms with Crippen molar-refractivity contribution in [3.8, 4) is 0 Å². The third kappa shape index (κ3) is 5.99. The maximum Gasteiger partial charge on any atom is 0.337 e. The molecule has 11 heteroatoms. The number of benzene rings is 3. The molecule has 3 aromatic rings. The number of aliphatic hydroxyl groups is 2. The van der Waals surface area contributed by atoms with Crippen molar-refractivity contribution >= 4 is 41.0 Å². The van der Waals surface area contributed by atoms with E-state index < -0.39 is 48.5 Å². The van der Waals surface area contributed by atoms with Gasteiger partial charge < -0.3 is 19.8 Å². The molecule has 0 saturated carbocycles. The Morgan fingerprint density at radius 3 is 2.48 bits per heavy atom. The number of halogens is 2. The van der Waals surface area contributed by atoms with E-state index in [9.17, 15) is 24.6 Å². The van der Waals surface area contributed by atoms with Gasteiger partial charge in [0.25, 0.3) is 11.8 Å². The van der Waals surface area contributed by atoms with E-state index in [2.05, 4.69) is 5.48 Å². The van der Waals surface area contributed by atoms with Gasteiger partial charge in [0.2, 0.25) is 0 Å².